The first-order valence-corrected chi connectivity index (χ1v) is 8.85. The first-order chi connectivity index (χ1) is 11.3. The highest BCUT2D eigenvalue weighted by Gasteiger charge is 2.35. The molecule has 1 unspecified atom stereocenters. The third-order valence-electron chi connectivity index (χ3n) is 5.39. The molecule has 2 aliphatic rings. The number of hydrogen-bond acceptors (Lipinski definition) is 1. The van der Waals surface area contributed by atoms with Crippen molar-refractivity contribution < 1.29 is 4.79 Å². The van der Waals surface area contributed by atoms with Gasteiger partial charge < -0.3 is 9.47 Å². The molecule has 0 N–H and O–H groups in total. The SMILES string of the molecule is O=C(C1CCCCC1)N1CCn2cccc2C1c1ccccc1. The lowest BCUT2D eigenvalue weighted by Crippen LogP contribution is -2.45. The number of benzene rings is 1. The lowest BCUT2D eigenvalue weighted by atomic mass is 9.87. The molecule has 4 rings (SSSR count). The van der Waals surface area contributed by atoms with Gasteiger partial charge in [0, 0.05) is 30.9 Å². The summed E-state index contributed by atoms with van der Waals surface area (Å²) in [4.78, 5) is 15.3. The van der Waals surface area contributed by atoms with Crippen LogP contribution in [0.2, 0.25) is 0 Å². The van der Waals surface area contributed by atoms with Crippen molar-refractivity contribution in [2.75, 3.05) is 6.54 Å². The summed E-state index contributed by atoms with van der Waals surface area (Å²) in [6.45, 7) is 1.72. The van der Waals surface area contributed by atoms with Crippen molar-refractivity contribution in [3.63, 3.8) is 0 Å². The van der Waals surface area contributed by atoms with Crippen LogP contribution in [0.3, 0.4) is 0 Å². The largest absolute Gasteiger partial charge is 0.348 e. The molecule has 0 bridgehead atoms. The Balaban J connectivity index is 1.69. The number of carbonyl (C=O) groups is 1. The molecule has 2 aromatic rings. The van der Waals surface area contributed by atoms with Gasteiger partial charge in [0.1, 0.15) is 0 Å². The Hall–Kier alpha value is -2.03. The van der Waals surface area contributed by atoms with Gasteiger partial charge >= 0.3 is 0 Å². The number of aromatic nitrogens is 1. The summed E-state index contributed by atoms with van der Waals surface area (Å²) in [6.07, 6.45) is 7.96. The zero-order valence-corrected chi connectivity index (χ0v) is 13.5. The van der Waals surface area contributed by atoms with Crippen LogP contribution in [-0.4, -0.2) is 21.9 Å². The topological polar surface area (TPSA) is 25.2 Å². The van der Waals surface area contributed by atoms with Crippen molar-refractivity contribution in [2.45, 2.75) is 44.7 Å². The average Bonchev–Trinajstić information content (AvgIpc) is 3.10. The molecule has 1 amide bonds. The quantitative estimate of drug-likeness (QED) is 0.823. The second-order valence-corrected chi connectivity index (χ2v) is 6.81. The Morgan fingerprint density at radius 2 is 1.70 bits per heavy atom. The Labute approximate surface area is 137 Å². The highest BCUT2D eigenvalue weighted by atomic mass is 16.2. The van der Waals surface area contributed by atoms with E-state index in [-0.39, 0.29) is 12.0 Å². The minimum absolute atomic E-state index is 0.0642. The number of amides is 1. The van der Waals surface area contributed by atoms with E-state index in [0.29, 0.717) is 5.91 Å². The summed E-state index contributed by atoms with van der Waals surface area (Å²) in [5.41, 5.74) is 2.46. The zero-order chi connectivity index (χ0) is 15.6. The number of nitrogens with zero attached hydrogens (tertiary/aromatic N) is 2. The van der Waals surface area contributed by atoms with Crippen molar-refractivity contribution in [3.8, 4) is 0 Å². The molecule has 1 aliphatic heterocycles. The van der Waals surface area contributed by atoms with Crippen molar-refractivity contribution in [3.05, 3.63) is 59.9 Å². The van der Waals surface area contributed by atoms with Gasteiger partial charge in [0.05, 0.1) is 6.04 Å². The fourth-order valence-corrected chi connectivity index (χ4v) is 4.19. The molecule has 1 fully saturated rings. The smallest absolute Gasteiger partial charge is 0.226 e. The van der Waals surface area contributed by atoms with E-state index in [4.69, 9.17) is 0 Å². The molecule has 1 aliphatic carbocycles. The average molecular weight is 308 g/mol. The summed E-state index contributed by atoms with van der Waals surface area (Å²) >= 11 is 0. The maximum atomic E-state index is 13.2. The minimum atomic E-state index is 0.0642. The molecular weight excluding hydrogens is 284 g/mol. The van der Waals surface area contributed by atoms with Gasteiger partial charge in [0.2, 0.25) is 5.91 Å². The molecule has 23 heavy (non-hydrogen) atoms. The van der Waals surface area contributed by atoms with Crippen LogP contribution in [-0.2, 0) is 11.3 Å². The standard InChI is InChI=1S/C20H24N2O/c23-20(17-10-5-2-6-11-17)22-15-14-21-13-7-12-18(21)19(22)16-8-3-1-4-9-16/h1,3-4,7-9,12-13,17,19H,2,5-6,10-11,14-15H2. The first-order valence-electron chi connectivity index (χ1n) is 8.85. The Kier molecular flexibility index (Phi) is 3.94. The third-order valence-corrected chi connectivity index (χ3v) is 5.39. The van der Waals surface area contributed by atoms with Gasteiger partial charge in [0.25, 0.3) is 0 Å². The van der Waals surface area contributed by atoms with Crippen LogP contribution in [0, 0.1) is 5.92 Å². The number of carbonyl (C=O) groups excluding carboxylic acids is 1. The van der Waals surface area contributed by atoms with Crippen molar-refractivity contribution in [2.24, 2.45) is 5.92 Å². The zero-order valence-electron chi connectivity index (χ0n) is 13.5. The van der Waals surface area contributed by atoms with Crippen LogP contribution in [0.1, 0.15) is 49.4 Å². The second-order valence-electron chi connectivity index (χ2n) is 6.81. The van der Waals surface area contributed by atoms with E-state index >= 15 is 0 Å². The van der Waals surface area contributed by atoms with E-state index in [1.165, 1.54) is 30.5 Å². The predicted octanol–water partition coefficient (Wildman–Crippen LogP) is 4.00. The fraction of sp³-hybridized carbons (Fsp3) is 0.450. The highest BCUT2D eigenvalue weighted by molar-refractivity contribution is 5.80. The molecule has 3 nitrogen and oxygen atoms in total. The van der Waals surface area contributed by atoms with Crippen molar-refractivity contribution >= 4 is 5.91 Å². The van der Waals surface area contributed by atoms with E-state index in [9.17, 15) is 4.79 Å². The third kappa shape index (κ3) is 2.69. The van der Waals surface area contributed by atoms with Gasteiger partial charge in [0.15, 0.2) is 0 Å². The molecule has 2 heterocycles. The fourth-order valence-electron chi connectivity index (χ4n) is 4.19. The summed E-state index contributed by atoms with van der Waals surface area (Å²) < 4.78 is 2.29. The molecule has 0 saturated heterocycles. The van der Waals surface area contributed by atoms with Gasteiger partial charge in [-0.2, -0.15) is 0 Å². The van der Waals surface area contributed by atoms with Gasteiger partial charge in [-0.05, 0) is 30.5 Å². The van der Waals surface area contributed by atoms with Gasteiger partial charge in [-0.1, -0.05) is 49.6 Å². The lowest BCUT2D eigenvalue weighted by Gasteiger charge is -2.39. The maximum absolute atomic E-state index is 13.2. The molecule has 1 aromatic carbocycles. The van der Waals surface area contributed by atoms with E-state index in [2.05, 4.69) is 52.1 Å². The summed E-state index contributed by atoms with van der Waals surface area (Å²) in [5, 5.41) is 0. The number of hydrogen-bond donors (Lipinski definition) is 0. The molecule has 0 radical (unpaired) electrons. The Morgan fingerprint density at radius 3 is 2.48 bits per heavy atom. The molecule has 1 atom stereocenters. The van der Waals surface area contributed by atoms with Crippen LogP contribution in [0.4, 0.5) is 0 Å². The van der Waals surface area contributed by atoms with Crippen molar-refractivity contribution in [1.29, 1.82) is 0 Å². The maximum Gasteiger partial charge on any atom is 0.226 e. The molecule has 0 spiro atoms. The van der Waals surface area contributed by atoms with Gasteiger partial charge in [-0.3, -0.25) is 4.79 Å². The molecule has 3 heteroatoms. The highest BCUT2D eigenvalue weighted by Crippen LogP contribution is 2.35. The molecule has 120 valence electrons. The molecule has 1 saturated carbocycles. The summed E-state index contributed by atoms with van der Waals surface area (Å²) in [7, 11) is 0. The second kappa shape index (κ2) is 6.23. The van der Waals surface area contributed by atoms with E-state index < -0.39 is 0 Å². The van der Waals surface area contributed by atoms with Crippen LogP contribution in [0.15, 0.2) is 48.7 Å². The van der Waals surface area contributed by atoms with Crippen LogP contribution in [0.25, 0.3) is 0 Å². The summed E-state index contributed by atoms with van der Waals surface area (Å²) in [6, 6.07) is 14.8. The lowest BCUT2D eigenvalue weighted by molar-refractivity contribution is -0.139. The summed E-state index contributed by atoms with van der Waals surface area (Å²) in [5.74, 6) is 0.600. The molecule has 1 aromatic heterocycles. The monoisotopic (exact) mass is 308 g/mol. The molecular formula is C20H24N2O. The van der Waals surface area contributed by atoms with Crippen LogP contribution >= 0.6 is 0 Å². The van der Waals surface area contributed by atoms with Crippen molar-refractivity contribution in [1.82, 2.24) is 9.47 Å². The minimum Gasteiger partial charge on any atom is -0.348 e. The van der Waals surface area contributed by atoms with E-state index in [1.54, 1.807) is 0 Å². The van der Waals surface area contributed by atoms with Gasteiger partial charge in [-0.25, -0.2) is 0 Å². The van der Waals surface area contributed by atoms with E-state index in [1.807, 2.05) is 6.07 Å². The van der Waals surface area contributed by atoms with Crippen LogP contribution in [0.5, 0.6) is 0 Å². The number of fused-ring (bicyclic) bond motifs is 1. The Bertz CT molecular complexity index is 670. The van der Waals surface area contributed by atoms with E-state index in [0.717, 1.165) is 25.9 Å². The predicted molar refractivity (Wildman–Crippen MR) is 91.0 cm³/mol. The normalized spacial score (nSPS) is 21.9. The first kappa shape index (κ1) is 14.6. The number of rotatable bonds is 2. The Morgan fingerprint density at radius 1 is 0.913 bits per heavy atom. The van der Waals surface area contributed by atoms with Gasteiger partial charge in [-0.15, -0.1) is 0 Å². The van der Waals surface area contributed by atoms with Crippen LogP contribution < -0.4 is 0 Å².